The fourth-order valence-electron chi connectivity index (χ4n) is 0.699. The molecule has 0 aromatic carbocycles. The molecule has 1 fully saturated rings. The lowest BCUT2D eigenvalue weighted by atomic mass is 10.2. The van der Waals surface area contributed by atoms with Crippen LogP contribution in [0.15, 0.2) is 0 Å². The lowest BCUT2D eigenvalue weighted by molar-refractivity contribution is -0.188. The van der Waals surface area contributed by atoms with Crippen molar-refractivity contribution in [3.05, 3.63) is 0 Å². The Hall–Kier alpha value is -0.740. The SMILES string of the molecule is CC.O=C(N1CCC1)C(F)(F)F. The molecule has 0 atom stereocenters. The molecule has 0 saturated carbocycles. The average Bonchev–Trinajstić information content (AvgIpc) is 1.86. The van der Waals surface area contributed by atoms with Crippen LogP contribution in [0.1, 0.15) is 20.3 Å². The Kier molecular flexibility index (Phi) is 4.06. The molecule has 2 nitrogen and oxygen atoms in total. The van der Waals surface area contributed by atoms with Gasteiger partial charge in [-0.2, -0.15) is 13.2 Å². The second-order valence-electron chi connectivity index (χ2n) is 2.14. The Labute approximate surface area is 69.3 Å². The zero-order valence-electron chi connectivity index (χ0n) is 7.11. The average molecular weight is 183 g/mol. The standard InChI is InChI=1S/C5H6F3NO.C2H6/c6-5(7,8)4(10)9-2-1-3-9;1-2/h1-3H2;1-2H3. The number of likely N-dealkylation sites (tertiary alicyclic amines) is 1. The van der Waals surface area contributed by atoms with Gasteiger partial charge in [0.05, 0.1) is 0 Å². The van der Waals surface area contributed by atoms with Gasteiger partial charge >= 0.3 is 12.1 Å². The van der Waals surface area contributed by atoms with Crippen molar-refractivity contribution in [3.63, 3.8) is 0 Å². The van der Waals surface area contributed by atoms with Crippen LogP contribution in [0.4, 0.5) is 13.2 Å². The van der Waals surface area contributed by atoms with E-state index in [0.717, 1.165) is 4.90 Å². The summed E-state index contributed by atoms with van der Waals surface area (Å²) in [5.41, 5.74) is 0. The molecular weight excluding hydrogens is 171 g/mol. The van der Waals surface area contributed by atoms with Gasteiger partial charge in [-0.15, -0.1) is 0 Å². The van der Waals surface area contributed by atoms with E-state index in [1.165, 1.54) is 0 Å². The molecule has 1 saturated heterocycles. The van der Waals surface area contributed by atoms with Crippen molar-refractivity contribution in [2.24, 2.45) is 0 Å². The normalized spacial score (nSPS) is 15.9. The summed E-state index contributed by atoms with van der Waals surface area (Å²) < 4.78 is 34.6. The first-order chi connectivity index (χ1) is 5.52. The molecule has 0 aromatic heterocycles. The molecular formula is C7H12F3NO. The maximum Gasteiger partial charge on any atom is 0.471 e. The van der Waals surface area contributed by atoms with E-state index in [-0.39, 0.29) is 13.1 Å². The summed E-state index contributed by atoms with van der Waals surface area (Å²) >= 11 is 0. The number of amides is 1. The van der Waals surface area contributed by atoms with Gasteiger partial charge in [0, 0.05) is 13.1 Å². The van der Waals surface area contributed by atoms with Crippen LogP contribution in [0.5, 0.6) is 0 Å². The van der Waals surface area contributed by atoms with E-state index in [1.54, 1.807) is 0 Å². The van der Waals surface area contributed by atoms with E-state index in [4.69, 9.17) is 0 Å². The molecule has 1 amide bonds. The number of halogens is 3. The summed E-state index contributed by atoms with van der Waals surface area (Å²) in [6.45, 7) is 4.50. The predicted molar refractivity (Wildman–Crippen MR) is 38.6 cm³/mol. The van der Waals surface area contributed by atoms with Crippen LogP contribution in [0.25, 0.3) is 0 Å². The summed E-state index contributed by atoms with van der Waals surface area (Å²) in [6.07, 6.45) is -4.00. The van der Waals surface area contributed by atoms with Crippen LogP contribution in [-0.4, -0.2) is 30.1 Å². The van der Waals surface area contributed by atoms with E-state index in [2.05, 4.69) is 0 Å². The maximum atomic E-state index is 11.5. The Morgan fingerprint density at radius 1 is 1.25 bits per heavy atom. The smallest absolute Gasteiger partial charge is 0.335 e. The van der Waals surface area contributed by atoms with Gasteiger partial charge in [0.15, 0.2) is 0 Å². The monoisotopic (exact) mass is 183 g/mol. The molecule has 0 aliphatic carbocycles. The Morgan fingerprint density at radius 2 is 1.67 bits per heavy atom. The number of alkyl halides is 3. The largest absolute Gasteiger partial charge is 0.471 e. The van der Waals surface area contributed by atoms with E-state index >= 15 is 0 Å². The van der Waals surface area contributed by atoms with Crippen molar-refractivity contribution in [1.82, 2.24) is 4.90 Å². The summed E-state index contributed by atoms with van der Waals surface area (Å²) in [6, 6.07) is 0. The lowest BCUT2D eigenvalue weighted by Crippen LogP contribution is -2.48. The molecule has 0 unspecified atom stereocenters. The molecule has 5 heteroatoms. The van der Waals surface area contributed by atoms with Gasteiger partial charge in [-0.3, -0.25) is 4.79 Å². The highest BCUT2D eigenvalue weighted by Gasteiger charge is 2.43. The van der Waals surface area contributed by atoms with Crippen molar-refractivity contribution >= 4 is 5.91 Å². The van der Waals surface area contributed by atoms with Crippen LogP contribution in [-0.2, 0) is 4.79 Å². The third kappa shape index (κ3) is 2.71. The maximum absolute atomic E-state index is 11.5. The van der Waals surface area contributed by atoms with Gasteiger partial charge in [-0.25, -0.2) is 0 Å². The Bertz CT molecular complexity index is 151. The molecule has 1 rings (SSSR count). The first-order valence-corrected chi connectivity index (χ1v) is 3.88. The lowest BCUT2D eigenvalue weighted by Gasteiger charge is -2.31. The first-order valence-electron chi connectivity index (χ1n) is 3.88. The van der Waals surface area contributed by atoms with Crippen LogP contribution >= 0.6 is 0 Å². The predicted octanol–water partition coefficient (Wildman–Crippen LogP) is 1.81. The second-order valence-corrected chi connectivity index (χ2v) is 2.14. The Morgan fingerprint density at radius 3 is 1.75 bits per heavy atom. The number of hydrogen-bond donors (Lipinski definition) is 0. The minimum absolute atomic E-state index is 0.248. The van der Waals surface area contributed by atoms with Gasteiger partial charge in [0.25, 0.3) is 0 Å². The zero-order chi connectivity index (χ0) is 9.78. The van der Waals surface area contributed by atoms with Crippen LogP contribution in [0, 0.1) is 0 Å². The molecule has 0 spiro atoms. The van der Waals surface area contributed by atoms with Gasteiger partial charge < -0.3 is 4.90 Å². The third-order valence-electron chi connectivity index (χ3n) is 1.39. The van der Waals surface area contributed by atoms with Crippen molar-refractivity contribution < 1.29 is 18.0 Å². The number of nitrogens with zero attached hydrogens (tertiary/aromatic N) is 1. The van der Waals surface area contributed by atoms with Crippen molar-refractivity contribution in [1.29, 1.82) is 0 Å². The fraction of sp³-hybridized carbons (Fsp3) is 0.857. The molecule has 0 bridgehead atoms. The van der Waals surface area contributed by atoms with Crippen LogP contribution in [0.3, 0.4) is 0 Å². The molecule has 0 N–H and O–H groups in total. The molecule has 1 heterocycles. The van der Waals surface area contributed by atoms with Crippen LogP contribution < -0.4 is 0 Å². The Balaban J connectivity index is 0.000000561. The van der Waals surface area contributed by atoms with E-state index < -0.39 is 12.1 Å². The summed E-state index contributed by atoms with van der Waals surface area (Å²) in [5.74, 6) is -1.71. The summed E-state index contributed by atoms with van der Waals surface area (Å²) in [7, 11) is 0. The quantitative estimate of drug-likeness (QED) is 0.560. The first kappa shape index (κ1) is 11.3. The second kappa shape index (κ2) is 4.33. The van der Waals surface area contributed by atoms with E-state index in [0.29, 0.717) is 6.42 Å². The van der Waals surface area contributed by atoms with Gasteiger partial charge in [-0.1, -0.05) is 13.8 Å². The number of rotatable bonds is 0. The zero-order valence-corrected chi connectivity index (χ0v) is 7.11. The van der Waals surface area contributed by atoms with Gasteiger partial charge in [0.1, 0.15) is 0 Å². The number of hydrogen-bond acceptors (Lipinski definition) is 1. The van der Waals surface area contributed by atoms with Crippen LogP contribution in [0.2, 0.25) is 0 Å². The highest BCUT2D eigenvalue weighted by Crippen LogP contribution is 2.21. The molecule has 12 heavy (non-hydrogen) atoms. The third-order valence-corrected chi connectivity index (χ3v) is 1.39. The fourth-order valence-corrected chi connectivity index (χ4v) is 0.699. The highest BCUT2D eigenvalue weighted by molar-refractivity contribution is 5.82. The summed E-state index contributed by atoms with van der Waals surface area (Å²) in [5, 5.41) is 0. The topological polar surface area (TPSA) is 20.3 Å². The van der Waals surface area contributed by atoms with Crippen molar-refractivity contribution in [2.75, 3.05) is 13.1 Å². The highest BCUT2D eigenvalue weighted by atomic mass is 19.4. The molecule has 72 valence electrons. The minimum Gasteiger partial charge on any atom is -0.335 e. The molecule has 0 radical (unpaired) electrons. The number of carbonyl (C=O) groups excluding carboxylic acids is 1. The number of carbonyl (C=O) groups is 1. The van der Waals surface area contributed by atoms with Gasteiger partial charge in [-0.05, 0) is 6.42 Å². The van der Waals surface area contributed by atoms with E-state index in [1.807, 2.05) is 13.8 Å². The van der Waals surface area contributed by atoms with Crippen molar-refractivity contribution in [2.45, 2.75) is 26.4 Å². The molecule has 1 aliphatic heterocycles. The molecule has 1 aliphatic rings. The van der Waals surface area contributed by atoms with Gasteiger partial charge in [0.2, 0.25) is 0 Å². The van der Waals surface area contributed by atoms with E-state index in [9.17, 15) is 18.0 Å². The van der Waals surface area contributed by atoms with Crippen molar-refractivity contribution in [3.8, 4) is 0 Å². The summed E-state index contributed by atoms with van der Waals surface area (Å²) in [4.78, 5) is 11.0. The molecule has 0 aromatic rings. The minimum atomic E-state index is -4.68.